The molecule has 0 saturated carbocycles. The largest absolute Gasteiger partial charge is 0.433 e. The number of hydrogen-bond donors (Lipinski definition) is 2. The Hall–Kier alpha value is -2.68. The van der Waals surface area contributed by atoms with Crippen LogP contribution in [0.5, 0.6) is 5.75 Å². The first kappa shape index (κ1) is 17.2. The summed E-state index contributed by atoms with van der Waals surface area (Å²) in [5.74, 6) is -0.398. The van der Waals surface area contributed by atoms with Crippen molar-refractivity contribution in [1.82, 2.24) is 0 Å². The first-order chi connectivity index (χ1) is 11.8. The van der Waals surface area contributed by atoms with Gasteiger partial charge in [0, 0.05) is 12.1 Å². The van der Waals surface area contributed by atoms with Crippen LogP contribution < -0.4 is 14.8 Å². The molecule has 132 valence electrons. The Morgan fingerprint density at radius 2 is 1.88 bits per heavy atom. The van der Waals surface area contributed by atoms with E-state index in [2.05, 4.69) is 14.8 Å². The number of aryl methyl sites for hydroxylation is 1. The van der Waals surface area contributed by atoms with Gasteiger partial charge in [0.15, 0.2) is 0 Å². The van der Waals surface area contributed by atoms with Gasteiger partial charge in [0.1, 0.15) is 5.75 Å². The molecule has 0 spiro atoms. The SMILES string of the molecule is O=C1CCc2cc(S(=O)(=O)Nc3ccccc3OC(F)F)ccc2N1. The molecule has 1 heterocycles. The Kier molecular flexibility index (Phi) is 4.58. The van der Waals surface area contributed by atoms with E-state index in [4.69, 9.17) is 0 Å². The summed E-state index contributed by atoms with van der Waals surface area (Å²) in [6.45, 7) is -3.07. The van der Waals surface area contributed by atoms with Crippen molar-refractivity contribution < 1.29 is 26.7 Å². The normalized spacial score (nSPS) is 14.0. The number of amides is 1. The topological polar surface area (TPSA) is 84.5 Å². The molecule has 1 aliphatic heterocycles. The zero-order valence-electron chi connectivity index (χ0n) is 12.8. The summed E-state index contributed by atoms with van der Waals surface area (Å²) in [4.78, 5) is 11.3. The van der Waals surface area contributed by atoms with Crippen molar-refractivity contribution in [2.24, 2.45) is 0 Å². The van der Waals surface area contributed by atoms with Crippen LogP contribution in [0, 0.1) is 0 Å². The molecule has 0 fully saturated rings. The van der Waals surface area contributed by atoms with Crippen LogP contribution in [0.4, 0.5) is 20.2 Å². The molecule has 0 aliphatic carbocycles. The third-order valence-electron chi connectivity index (χ3n) is 3.63. The first-order valence-electron chi connectivity index (χ1n) is 7.34. The number of carbonyl (C=O) groups excluding carboxylic acids is 1. The Morgan fingerprint density at radius 1 is 1.12 bits per heavy atom. The van der Waals surface area contributed by atoms with Crippen molar-refractivity contribution in [2.75, 3.05) is 10.0 Å². The maximum atomic E-state index is 12.5. The summed E-state index contributed by atoms with van der Waals surface area (Å²) < 4.78 is 56.6. The molecule has 6 nitrogen and oxygen atoms in total. The van der Waals surface area contributed by atoms with Gasteiger partial charge in [-0.25, -0.2) is 8.42 Å². The minimum Gasteiger partial charge on any atom is -0.433 e. The van der Waals surface area contributed by atoms with E-state index in [9.17, 15) is 22.0 Å². The van der Waals surface area contributed by atoms with Gasteiger partial charge in [0.2, 0.25) is 5.91 Å². The number of nitrogens with one attached hydrogen (secondary N) is 2. The minimum absolute atomic E-state index is 0.0331. The number of para-hydroxylation sites is 2. The van der Waals surface area contributed by atoms with E-state index >= 15 is 0 Å². The maximum absolute atomic E-state index is 12.5. The smallest absolute Gasteiger partial charge is 0.387 e. The van der Waals surface area contributed by atoms with Gasteiger partial charge in [0.05, 0.1) is 10.6 Å². The van der Waals surface area contributed by atoms with E-state index in [-0.39, 0.29) is 28.7 Å². The summed E-state index contributed by atoms with van der Waals surface area (Å²) in [5.41, 5.74) is 1.17. The fourth-order valence-electron chi connectivity index (χ4n) is 2.48. The lowest BCUT2D eigenvalue weighted by Gasteiger charge is -2.18. The molecule has 0 aromatic heterocycles. The lowest BCUT2D eigenvalue weighted by molar-refractivity contribution is -0.116. The van der Waals surface area contributed by atoms with Crippen molar-refractivity contribution in [3.8, 4) is 5.75 Å². The molecule has 0 bridgehead atoms. The number of rotatable bonds is 5. The fraction of sp³-hybridized carbons (Fsp3) is 0.188. The Labute approximate surface area is 142 Å². The number of fused-ring (bicyclic) bond motifs is 1. The molecule has 2 N–H and O–H groups in total. The van der Waals surface area contributed by atoms with E-state index in [0.29, 0.717) is 17.7 Å². The van der Waals surface area contributed by atoms with Crippen molar-refractivity contribution >= 4 is 27.3 Å². The van der Waals surface area contributed by atoms with E-state index < -0.39 is 16.6 Å². The highest BCUT2D eigenvalue weighted by molar-refractivity contribution is 7.92. The van der Waals surface area contributed by atoms with Crippen molar-refractivity contribution in [3.63, 3.8) is 0 Å². The van der Waals surface area contributed by atoms with E-state index in [1.165, 1.54) is 42.5 Å². The van der Waals surface area contributed by atoms with E-state index in [1.54, 1.807) is 0 Å². The fourth-order valence-corrected chi connectivity index (χ4v) is 3.60. The molecule has 2 aromatic rings. The summed E-state index contributed by atoms with van der Waals surface area (Å²) in [7, 11) is -4.01. The van der Waals surface area contributed by atoms with Gasteiger partial charge in [-0.15, -0.1) is 0 Å². The first-order valence-corrected chi connectivity index (χ1v) is 8.83. The highest BCUT2D eigenvalue weighted by Crippen LogP contribution is 2.30. The second-order valence-corrected chi connectivity index (χ2v) is 7.03. The number of ether oxygens (including phenoxy) is 1. The van der Waals surface area contributed by atoms with Gasteiger partial charge in [-0.2, -0.15) is 8.78 Å². The van der Waals surface area contributed by atoms with Crippen LogP contribution in [-0.4, -0.2) is 20.9 Å². The average molecular weight is 368 g/mol. The molecular formula is C16H14F2N2O4S. The lowest BCUT2D eigenvalue weighted by atomic mass is 10.0. The number of alkyl halides is 2. The predicted molar refractivity (Wildman–Crippen MR) is 87.3 cm³/mol. The third-order valence-corrected chi connectivity index (χ3v) is 4.99. The molecule has 0 unspecified atom stereocenters. The molecule has 9 heteroatoms. The summed E-state index contributed by atoms with van der Waals surface area (Å²) >= 11 is 0. The van der Waals surface area contributed by atoms with Gasteiger partial charge in [-0.3, -0.25) is 9.52 Å². The van der Waals surface area contributed by atoms with Crippen LogP contribution in [0.15, 0.2) is 47.4 Å². The standard InChI is InChI=1S/C16H14F2N2O4S/c17-16(18)24-14-4-2-1-3-13(14)20-25(22,23)11-6-7-12-10(9-11)5-8-15(21)19-12/h1-4,6-7,9,16,20H,5,8H2,(H,19,21). The van der Waals surface area contributed by atoms with Crippen molar-refractivity contribution in [3.05, 3.63) is 48.0 Å². The summed E-state index contributed by atoms with van der Waals surface area (Å²) in [5, 5.41) is 2.66. The molecule has 3 rings (SSSR count). The van der Waals surface area contributed by atoms with E-state index in [0.717, 1.165) is 0 Å². The average Bonchev–Trinajstić information content (AvgIpc) is 2.55. The van der Waals surface area contributed by atoms with Crippen LogP contribution in [0.3, 0.4) is 0 Å². The molecule has 25 heavy (non-hydrogen) atoms. The predicted octanol–water partition coefficient (Wildman–Crippen LogP) is 2.97. The van der Waals surface area contributed by atoms with Crippen LogP contribution in [-0.2, 0) is 21.2 Å². The quantitative estimate of drug-likeness (QED) is 0.850. The molecule has 1 aliphatic rings. The second-order valence-electron chi connectivity index (χ2n) is 5.35. The number of carbonyl (C=O) groups is 1. The van der Waals surface area contributed by atoms with Gasteiger partial charge in [-0.1, -0.05) is 12.1 Å². The zero-order valence-corrected chi connectivity index (χ0v) is 13.6. The van der Waals surface area contributed by atoms with Gasteiger partial charge < -0.3 is 10.1 Å². The van der Waals surface area contributed by atoms with Crippen LogP contribution in [0.25, 0.3) is 0 Å². The van der Waals surface area contributed by atoms with E-state index in [1.807, 2.05) is 0 Å². The highest BCUT2D eigenvalue weighted by Gasteiger charge is 2.21. The minimum atomic E-state index is -4.01. The van der Waals surface area contributed by atoms with Gasteiger partial charge in [0.25, 0.3) is 10.0 Å². The Morgan fingerprint density at radius 3 is 2.64 bits per heavy atom. The highest BCUT2D eigenvalue weighted by atomic mass is 32.2. The van der Waals surface area contributed by atoms with Crippen molar-refractivity contribution in [2.45, 2.75) is 24.3 Å². The van der Waals surface area contributed by atoms with Crippen LogP contribution in [0.2, 0.25) is 0 Å². The number of anilines is 2. The third kappa shape index (κ3) is 3.87. The Bertz CT molecular complexity index is 916. The molecule has 2 aromatic carbocycles. The van der Waals surface area contributed by atoms with Crippen LogP contribution in [0.1, 0.15) is 12.0 Å². The zero-order chi connectivity index (χ0) is 18.0. The molecular weight excluding hydrogens is 354 g/mol. The van der Waals surface area contributed by atoms with Crippen molar-refractivity contribution in [1.29, 1.82) is 0 Å². The number of halogens is 2. The Balaban J connectivity index is 1.89. The molecule has 0 saturated heterocycles. The van der Waals surface area contributed by atoms with Gasteiger partial charge in [-0.05, 0) is 42.3 Å². The number of hydrogen-bond acceptors (Lipinski definition) is 4. The summed E-state index contributed by atoms with van der Waals surface area (Å²) in [6.07, 6.45) is 0.699. The van der Waals surface area contributed by atoms with Gasteiger partial charge >= 0.3 is 6.61 Å². The summed E-state index contributed by atoms with van der Waals surface area (Å²) in [6, 6.07) is 9.81. The van der Waals surface area contributed by atoms with Crippen LogP contribution >= 0.6 is 0 Å². The lowest BCUT2D eigenvalue weighted by Crippen LogP contribution is -2.20. The second kappa shape index (κ2) is 6.67. The maximum Gasteiger partial charge on any atom is 0.387 e. The number of sulfonamides is 1. The molecule has 1 amide bonds. The number of benzene rings is 2. The monoisotopic (exact) mass is 368 g/mol. The molecule has 0 radical (unpaired) electrons. The molecule has 0 atom stereocenters.